The molecule has 0 fully saturated rings. The molecule has 2 N–H and O–H groups in total. The van der Waals surface area contributed by atoms with E-state index in [9.17, 15) is 0 Å². The molecule has 1 aromatic heterocycles. The number of aromatic amines is 1. The number of benzene rings is 4. The van der Waals surface area contributed by atoms with Crippen molar-refractivity contribution < 1.29 is 10.1 Å². The minimum absolute atomic E-state index is 0.233. The molecule has 0 atom stereocenters. The molecule has 164 valence electrons. The molecule has 0 amide bonds. The highest BCUT2D eigenvalue weighted by Gasteiger charge is 2.30. The zero-order valence-corrected chi connectivity index (χ0v) is 19.4. The zero-order chi connectivity index (χ0) is 22.8. The van der Waals surface area contributed by atoms with E-state index in [-0.39, 0.29) is 6.61 Å². The van der Waals surface area contributed by atoms with Crippen molar-refractivity contribution in [2.45, 2.75) is 6.42 Å². The standard InChI is InChI=1S/C24H20B.C5H7NOS/c1-5-13-21(14-6-1)25(22-15-7-2-8-16-22,23-17-9-3-10-18-23)24-19-11-4-12-20-24;7-3-1-5-6-2-4-8-5/h1-20H;2,4,7H,1,3H2/q-1;/p+1. The quantitative estimate of drug-likeness (QED) is 0.397. The summed E-state index contributed by atoms with van der Waals surface area (Å²) in [4.78, 5) is 3.00. The van der Waals surface area contributed by atoms with Crippen LogP contribution < -0.4 is 26.8 Å². The van der Waals surface area contributed by atoms with E-state index in [0.717, 1.165) is 11.4 Å². The van der Waals surface area contributed by atoms with Crippen molar-refractivity contribution in [3.05, 3.63) is 138 Å². The van der Waals surface area contributed by atoms with Crippen LogP contribution in [0.25, 0.3) is 0 Å². The fraction of sp³-hybridized carbons (Fsp3) is 0.0690. The van der Waals surface area contributed by atoms with E-state index in [1.165, 1.54) is 21.9 Å². The van der Waals surface area contributed by atoms with Crippen molar-refractivity contribution in [3.8, 4) is 0 Å². The third-order valence-corrected chi connectivity index (χ3v) is 6.94. The number of thiazole rings is 1. The fourth-order valence-electron chi connectivity index (χ4n) is 4.63. The molecule has 1 heterocycles. The van der Waals surface area contributed by atoms with Crippen molar-refractivity contribution in [1.29, 1.82) is 0 Å². The molecule has 4 aromatic carbocycles. The molecule has 0 spiro atoms. The van der Waals surface area contributed by atoms with Gasteiger partial charge in [-0.2, -0.15) is 21.9 Å². The van der Waals surface area contributed by atoms with E-state index in [1.807, 2.05) is 11.6 Å². The molecule has 0 aliphatic rings. The van der Waals surface area contributed by atoms with E-state index >= 15 is 0 Å². The summed E-state index contributed by atoms with van der Waals surface area (Å²) in [6.45, 7) is 0.233. The number of hydrogen-bond donors (Lipinski definition) is 1. The lowest BCUT2D eigenvalue weighted by atomic mass is 9.13. The normalized spacial score (nSPS) is 10.8. The lowest BCUT2D eigenvalue weighted by Gasteiger charge is -2.44. The first-order valence-electron chi connectivity index (χ1n) is 11.3. The maximum absolute atomic E-state index is 8.42. The number of aliphatic hydroxyl groups is 1. The van der Waals surface area contributed by atoms with Gasteiger partial charge in [0.2, 0.25) is 5.01 Å². The summed E-state index contributed by atoms with van der Waals surface area (Å²) >= 11 is 1.63. The number of hydrogen-bond acceptors (Lipinski definition) is 2. The summed E-state index contributed by atoms with van der Waals surface area (Å²) in [7, 11) is 0. The smallest absolute Gasteiger partial charge is 0.237 e. The van der Waals surface area contributed by atoms with Gasteiger partial charge >= 0.3 is 0 Å². The summed E-state index contributed by atoms with van der Waals surface area (Å²) < 4.78 is 0. The second-order valence-electron chi connectivity index (χ2n) is 7.97. The zero-order valence-electron chi connectivity index (χ0n) is 18.5. The minimum Gasteiger partial charge on any atom is -0.396 e. The molecular formula is C29H28BNOS. The molecule has 33 heavy (non-hydrogen) atoms. The van der Waals surface area contributed by atoms with Crippen LogP contribution in [-0.2, 0) is 6.42 Å². The van der Waals surface area contributed by atoms with E-state index in [4.69, 9.17) is 5.11 Å². The second kappa shape index (κ2) is 11.4. The largest absolute Gasteiger partial charge is 0.396 e. The molecule has 5 rings (SSSR count). The summed E-state index contributed by atoms with van der Waals surface area (Å²) in [6, 6.07) is 43.5. The molecule has 0 bridgehead atoms. The monoisotopic (exact) mass is 449 g/mol. The first-order chi connectivity index (χ1) is 16.4. The Morgan fingerprint density at radius 1 is 0.576 bits per heavy atom. The van der Waals surface area contributed by atoms with Crippen LogP contribution in [0.1, 0.15) is 5.01 Å². The molecule has 5 aromatic rings. The van der Waals surface area contributed by atoms with Crippen molar-refractivity contribution >= 4 is 39.3 Å². The Morgan fingerprint density at radius 2 is 0.939 bits per heavy atom. The fourth-order valence-corrected chi connectivity index (χ4v) is 5.28. The van der Waals surface area contributed by atoms with E-state index in [1.54, 1.807) is 11.3 Å². The van der Waals surface area contributed by atoms with Crippen molar-refractivity contribution in [3.63, 3.8) is 0 Å². The van der Waals surface area contributed by atoms with Gasteiger partial charge in [-0.25, -0.2) is 4.98 Å². The third kappa shape index (κ3) is 5.14. The van der Waals surface area contributed by atoms with Gasteiger partial charge in [0.15, 0.2) is 6.20 Å². The van der Waals surface area contributed by atoms with Gasteiger partial charge in [0.05, 0.1) is 18.4 Å². The van der Waals surface area contributed by atoms with Gasteiger partial charge in [-0.3, -0.25) is 0 Å². The van der Waals surface area contributed by atoms with Gasteiger partial charge in [0.25, 0.3) is 0 Å². The van der Waals surface area contributed by atoms with Crippen molar-refractivity contribution in [2.75, 3.05) is 6.61 Å². The van der Waals surface area contributed by atoms with Crippen LogP contribution in [0, 0.1) is 0 Å². The highest BCUT2D eigenvalue weighted by Crippen LogP contribution is 2.09. The molecule has 0 radical (unpaired) electrons. The van der Waals surface area contributed by atoms with Gasteiger partial charge in [-0.05, 0) is 0 Å². The lowest BCUT2D eigenvalue weighted by Crippen LogP contribution is -2.74. The Morgan fingerprint density at radius 3 is 1.21 bits per heavy atom. The number of nitrogens with one attached hydrogen (secondary N) is 1. The number of H-pyrrole nitrogens is 1. The van der Waals surface area contributed by atoms with E-state index in [2.05, 4.69) is 126 Å². The average molecular weight is 449 g/mol. The van der Waals surface area contributed by atoms with Crippen molar-refractivity contribution in [1.82, 2.24) is 0 Å². The topological polar surface area (TPSA) is 34.4 Å². The van der Waals surface area contributed by atoms with E-state index in [0.29, 0.717) is 0 Å². The van der Waals surface area contributed by atoms with Crippen molar-refractivity contribution in [2.24, 2.45) is 0 Å². The van der Waals surface area contributed by atoms with Gasteiger partial charge in [0.1, 0.15) is 6.15 Å². The lowest BCUT2D eigenvalue weighted by molar-refractivity contribution is -0.382. The summed E-state index contributed by atoms with van der Waals surface area (Å²) in [6.07, 6.45) is 1.40. The third-order valence-electron chi connectivity index (χ3n) is 6.06. The van der Waals surface area contributed by atoms with Crippen LogP contribution in [0.4, 0.5) is 0 Å². The summed E-state index contributed by atoms with van der Waals surface area (Å²) in [5.41, 5.74) is 5.36. The molecule has 0 unspecified atom stereocenters. The van der Waals surface area contributed by atoms with Gasteiger partial charge in [-0.15, -0.1) is 0 Å². The molecular weight excluding hydrogens is 421 g/mol. The molecule has 2 nitrogen and oxygen atoms in total. The Balaban J connectivity index is 0.000000275. The second-order valence-corrected chi connectivity index (χ2v) is 8.97. The van der Waals surface area contributed by atoms with Crippen LogP contribution >= 0.6 is 11.3 Å². The maximum atomic E-state index is 8.42. The highest BCUT2D eigenvalue weighted by atomic mass is 32.1. The SMILES string of the molecule is OCCc1[nH+]ccs1.c1ccc([B-](c2ccccc2)(c2ccccc2)c2ccccc2)cc1. The van der Waals surface area contributed by atoms with Crippen LogP contribution in [0.3, 0.4) is 0 Å². The summed E-state index contributed by atoms with van der Waals surface area (Å²) in [5, 5.41) is 11.5. The molecule has 0 saturated carbocycles. The Hall–Kier alpha value is -3.47. The first kappa shape index (κ1) is 22.7. The van der Waals surface area contributed by atoms with Crippen LogP contribution in [0.2, 0.25) is 0 Å². The Labute approximate surface area is 200 Å². The number of aromatic nitrogens is 1. The van der Waals surface area contributed by atoms with Gasteiger partial charge in [0, 0.05) is 0 Å². The van der Waals surface area contributed by atoms with E-state index < -0.39 is 6.15 Å². The highest BCUT2D eigenvalue weighted by molar-refractivity contribution is 7.19. The van der Waals surface area contributed by atoms with Crippen LogP contribution in [0.5, 0.6) is 0 Å². The van der Waals surface area contributed by atoms with Crippen LogP contribution in [0.15, 0.2) is 133 Å². The predicted octanol–water partition coefficient (Wildman–Crippen LogP) is 3.16. The summed E-state index contributed by atoms with van der Waals surface area (Å²) in [5.74, 6) is 0. The van der Waals surface area contributed by atoms with Crippen LogP contribution in [-0.4, -0.2) is 17.9 Å². The number of aliphatic hydroxyl groups excluding tert-OH is 1. The molecule has 0 saturated heterocycles. The minimum atomic E-state index is -1.22. The first-order valence-corrected chi connectivity index (χ1v) is 12.2. The Bertz CT molecular complexity index is 1030. The van der Waals surface area contributed by atoms with Gasteiger partial charge in [-0.1, -0.05) is 133 Å². The molecule has 0 aliphatic carbocycles. The average Bonchev–Trinajstić information content (AvgIpc) is 3.41. The molecule has 0 aliphatic heterocycles. The number of rotatable bonds is 6. The Kier molecular flexibility index (Phi) is 7.86. The van der Waals surface area contributed by atoms with Gasteiger partial charge < -0.3 is 5.11 Å². The molecule has 4 heteroatoms. The maximum Gasteiger partial charge on any atom is 0.237 e. The predicted molar refractivity (Wildman–Crippen MR) is 142 cm³/mol.